The molecule has 0 bridgehead atoms. The largest absolute Gasteiger partial charge is 2.00 e. The third-order valence-electron chi connectivity index (χ3n) is 16.2. The average Bonchev–Trinajstić information content (AvgIpc) is 0.825. The van der Waals surface area contributed by atoms with Crippen LogP contribution >= 0.6 is 15.8 Å². The molecule has 0 aromatic heterocycles. The molecule has 0 aliphatic rings. The van der Waals surface area contributed by atoms with Gasteiger partial charge in [-0.2, -0.15) is 46.0 Å². The fourth-order valence-electron chi connectivity index (χ4n) is 10.7. The molecule has 620 valence electrons. The fraction of sp³-hybridized carbons (Fsp3) is 0.160. The van der Waals surface area contributed by atoms with Crippen molar-refractivity contribution >= 4 is 149 Å². The Bertz CT molecular complexity index is 3530. The zero-order chi connectivity index (χ0) is 78.0. The Labute approximate surface area is 833 Å². The molecule has 0 aliphatic heterocycles. The van der Waals surface area contributed by atoms with Crippen molar-refractivity contribution < 1.29 is 128 Å². The monoisotopic (exact) mass is 2610 g/mol. The van der Waals surface area contributed by atoms with E-state index in [9.17, 15) is 0 Å². The van der Waals surface area contributed by atoms with Crippen molar-refractivity contribution in [1.29, 1.82) is 0 Å². The maximum Gasteiger partial charge on any atom is 2.00 e. The number of hydrogen-bond donors (Lipinski definition) is 0. The molecule has 0 radical (unpaired) electrons. The quantitative estimate of drug-likeness (QED) is 0.0369. The number of hydrogen-bond acceptors (Lipinski definition) is 8. The Balaban J connectivity index is 0. The Hall–Kier alpha value is -3.05. The molecule has 0 saturated carbocycles. The first-order valence-corrected chi connectivity index (χ1v) is 45.0. The van der Waals surface area contributed by atoms with Crippen LogP contribution in [0.2, 0.25) is 0 Å². The molecular weight excluding hydrogens is 2510 g/mol. The van der Waals surface area contributed by atoms with Crippen LogP contribution in [0, 0.1) is 0 Å². The standard InChI is InChI=1S/2C18H15P.8C8H10S.4Au.2Ru/c2*1-4-10-16(11-5-1)19(17-12-6-2-7-13-17)18-14-8-3-9-15-18;8*9-7-6-8-4-2-1-3-5-8;;;;;;/h2*1-15H;8*1-5,9H,6-7H2;;;;;;/q;;;;;;;;;;4*+1;2*+2/p-6. The molecule has 0 heterocycles. The topological polar surface area (TPSA) is 0 Å². The molecule has 0 amide bonds. The molecule has 0 N–H and O–H groups in total. The Morgan fingerprint density at radius 1 is 0.129 bits per heavy atom. The SMILES string of the molecule is [Au+].[Au+].[Au+].[Au+].[Ru+2].[Ru+2].[S-]CCc1ccccc1.[S-]CCc1ccccc1.[S-]CCc1ccccc1.[S-]CCc1ccccc1.[S-]CCc1ccccc1.[S-]CCc1ccccc1.[S-]CCc1ccccc1.[S-]CCc1ccccc1.c1ccc([PH+](c2ccccc2)c2ccccc2)cc1.c1ccc([PH+](c2ccccc2)c2ccccc2)cc1. The predicted octanol–water partition coefficient (Wildman–Crippen LogP) is 20.5. The number of aryl methyl sites for hydroxylation is 8. The molecule has 0 spiro atoms. The fourth-order valence-corrected chi connectivity index (χ4v) is 17.8. The minimum Gasteiger partial charge on any atom is -0.792 e. The van der Waals surface area contributed by atoms with Crippen molar-refractivity contribution in [1.82, 2.24) is 0 Å². The van der Waals surface area contributed by atoms with Gasteiger partial charge in [0.15, 0.2) is 0 Å². The molecule has 16 heteroatoms. The first-order chi connectivity index (χ1) is 54.4. The van der Waals surface area contributed by atoms with Crippen LogP contribution in [0.25, 0.3) is 0 Å². The van der Waals surface area contributed by atoms with Gasteiger partial charge in [0.1, 0.15) is 31.8 Å². The zero-order valence-electron chi connectivity index (χ0n) is 64.9. The van der Waals surface area contributed by atoms with Crippen LogP contribution in [0.15, 0.2) is 425 Å². The van der Waals surface area contributed by atoms with Crippen LogP contribution in [0.4, 0.5) is 0 Å². The Morgan fingerprint density at radius 2 is 0.207 bits per heavy atom. The summed E-state index contributed by atoms with van der Waals surface area (Å²) < 4.78 is 0. The van der Waals surface area contributed by atoms with Gasteiger partial charge in [-0.1, -0.05) is 352 Å². The van der Waals surface area contributed by atoms with Gasteiger partial charge >= 0.3 is 128 Å². The van der Waals surface area contributed by atoms with E-state index in [2.05, 4.69) is 279 Å². The molecule has 0 nitrogen and oxygen atoms in total. The summed E-state index contributed by atoms with van der Waals surface area (Å²) in [5.74, 6) is 6.59. The van der Waals surface area contributed by atoms with E-state index in [1.54, 1.807) is 0 Å². The maximum absolute atomic E-state index is 4.83. The van der Waals surface area contributed by atoms with Crippen LogP contribution in [0.1, 0.15) is 44.5 Å². The smallest absolute Gasteiger partial charge is 0.792 e. The van der Waals surface area contributed by atoms with Gasteiger partial charge in [-0.3, -0.25) is 0 Å². The third-order valence-corrected chi connectivity index (χ3v) is 23.3. The second-order valence-corrected chi connectivity index (χ2v) is 32.7. The van der Waals surface area contributed by atoms with E-state index in [0.717, 1.165) is 97.4 Å². The van der Waals surface area contributed by atoms with E-state index in [-0.39, 0.29) is 128 Å². The average molecular weight is 2610 g/mol. The van der Waals surface area contributed by atoms with Crippen LogP contribution in [-0.4, -0.2) is 46.0 Å². The van der Waals surface area contributed by atoms with Crippen LogP contribution < -0.4 is 31.8 Å². The molecule has 0 aliphatic carbocycles. The molecule has 0 unspecified atom stereocenters. The van der Waals surface area contributed by atoms with Crippen LogP contribution in [-0.2, 0) is 281 Å². The summed E-state index contributed by atoms with van der Waals surface area (Å²) in [5, 5.41) is 8.61. The van der Waals surface area contributed by atoms with E-state index >= 15 is 0 Å². The zero-order valence-corrected chi connectivity index (χ0v) is 85.6. The molecule has 14 aromatic rings. The number of benzene rings is 14. The number of rotatable bonds is 22. The summed E-state index contributed by atoms with van der Waals surface area (Å²) in [4.78, 5) is 0. The molecule has 14 aromatic carbocycles. The van der Waals surface area contributed by atoms with E-state index < -0.39 is 15.8 Å². The molecule has 116 heavy (non-hydrogen) atoms. The third kappa shape index (κ3) is 54.4. The van der Waals surface area contributed by atoms with Crippen molar-refractivity contribution in [2.45, 2.75) is 51.4 Å². The normalized spacial score (nSPS) is 9.33. The van der Waals surface area contributed by atoms with Gasteiger partial charge in [0, 0.05) is 0 Å². The first-order valence-electron chi connectivity index (χ1n) is 37.4. The Morgan fingerprint density at radius 3 is 0.284 bits per heavy atom. The molecule has 0 atom stereocenters. The minimum absolute atomic E-state index is 0. The van der Waals surface area contributed by atoms with Gasteiger partial charge in [-0.15, -0.1) is 0 Å². The predicted molar refractivity (Wildman–Crippen MR) is 512 cm³/mol. The molecule has 14 rings (SSSR count). The van der Waals surface area contributed by atoms with E-state index in [1.807, 2.05) is 146 Å². The van der Waals surface area contributed by atoms with Gasteiger partial charge in [-0.25, -0.2) is 0 Å². The first kappa shape index (κ1) is 115. The van der Waals surface area contributed by atoms with E-state index in [0.29, 0.717) is 0 Å². The summed E-state index contributed by atoms with van der Waals surface area (Å²) in [6.07, 6.45) is 8.19. The van der Waals surface area contributed by atoms with Gasteiger partial charge < -0.3 is 101 Å². The van der Waals surface area contributed by atoms with Crippen molar-refractivity contribution in [2.75, 3.05) is 46.0 Å². The van der Waals surface area contributed by atoms with Crippen molar-refractivity contribution in [3.63, 3.8) is 0 Å². The minimum atomic E-state index is -0.877. The molecule has 0 saturated heterocycles. The van der Waals surface area contributed by atoms with Crippen molar-refractivity contribution in [2.24, 2.45) is 0 Å². The summed E-state index contributed by atoms with van der Waals surface area (Å²) in [5.41, 5.74) is 10.7. The van der Waals surface area contributed by atoms with Crippen LogP contribution in [0.3, 0.4) is 0 Å². The van der Waals surface area contributed by atoms with Crippen molar-refractivity contribution in [3.8, 4) is 0 Å². The maximum atomic E-state index is 4.83. The van der Waals surface area contributed by atoms with Gasteiger partial charge in [-0.05, 0) is 169 Å². The molecular formula is C100H104Au4P2Ru2S8+2. The van der Waals surface area contributed by atoms with E-state index in [1.165, 1.54) is 76.3 Å². The summed E-state index contributed by atoms with van der Waals surface area (Å²) in [7, 11) is -1.75. The van der Waals surface area contributed by atoms with Gasteiger partial charge in [0.2, 0.25) is 0 Å². The summed E-state index contributed by atoms with van der Waals surface area (Å²) >= 11 is 38.7. The van der Waals surface area contributed by atoms with Crippen molar-refractivity contribution in [3.05, 3.63) is 469 Å². The summed E-state index contributed by atoms with van der Waals surface area (Å²) in [6.45, 7) is 0. The van der Waals surface area contributed by atoms with Crippen LogP contribution in [0.5, 0.6) is 0 Å². The Kier molecular flexibility index (Phi) is 79.7. The summed E-state index contributed by atoms with van der Waals surface area (Å²) in [6, 6.07) is 147. The second kappa shape index (κ2) is 80.4. The van der Waals surface area contributed by atoms with Gasteiger partial charge in [0.05, 0.1) is 15.8 Å². The molecule has 0 fully saturated rings. The van der Waals surface area contributed by atoms with E-state index in [4.69, 9.17) is 101 Å². The second-order valence-electron chi connectivity index (χ2n) is 24.5. The van der Waals surface area contributed by atoms with Gasteiger partial charge in [0.25, 0.3) is 0 Å².